The first kappa shape index (κ1) is 19.5. The first-order valence-corrected chi connectivity index (χ1v) is 10.0. The van der Waals surface area contributed by atoms with Gasteiger partial charge in [-0.25, -0.2) is 8.42 Å². The zero-order chi connectivity index (χ0) is 18.7. The van der Waals surface area contributed by atoms with Crippen LogP contribution in [0.3, 0.4) is 0 Å². The molecule has 1 aliphatic rings. The van der Waals surface area contributed by atoms with Gasteiger partial charge in [0.25, 0.3) is 0 Å². The molecule has 2 rings (SSSR count). The lowest BCUT2D eigenvalue weighted by atomic mass is 9.90. The summed E-state index contributed by atoms with van der Waals surface area (Å²) in [5.74, 6) is -0.311. The van der Waals surface area contributed by atoms with Crippen molar-refractivity contribution < 1.29 is 17.9 Å². The fourth-order valence-corrected chi connectivity index (χ4v) is 3.82. The zero-order valence-electron chi connectivity index (χ0n) is 15.0. The summed E-state index contributed by atoms with van der Waals surface area (Å²) < 4.78 is 32.4. The van der Waals surface area contributed by atoms with Crippen LogP contribution >= 0.6 is 0 Å². The molecule has 1 aromatic rings. The minimum atomic E-state index is -3.76. The highest BCUT2D eigenvalue weighted by Crippen LogP contribution is 2.28. The van der Waals surface area contributed by atoms with Gasteiger partial charge in [0.05, 0.1) is 6.10 Å². The second-order valence-corrected chi connectivity index (χ2v) is 8.85. The number of nitrogens with two attached hydrogens (primary N) is 1. The summed E-state index contributed by atoms with van der Waals surface area (Å²) in [6, 6.07) is 6.60. The number of ether oxygens (including phenoxy) is 1. The fourth-order valence-electron chi connectivity index (χ4n) is 2.75. The standard InChI is InChI=1S/C17H27N3O4S/c1-13(2)24-15-6-4-14(5-7-15)19-25(22,23)10-16(21)20-9-8-17(3,11-18)12-20/h4-7,13,19H,8-12,18H2,1-3H3. The number of carbonyl (C=O) groups excluding carboxylic acids is 1. The second-order valence-electron chi connectivity index (χ2n) is 7.13. The SMILES string of the molecule is CC(C)Oc1ccc(NS(=O)(=O)CC(=O)N2CCC(C)(CN)C2)cc1. The molecule has 8 heteroatoms. The van der Waals surface area contributed by atoms with Crippen LogP contribution in [-0.2, 0) is 14.8 Å². The monoisotopic (exact) mass is 369 g/mol. The normalized spacial score (nSPS) is 20.8. The van der Waals surface area contributed by atoms with Crippen LogP contribution in [0, 0.1) is 5.41 Å². The summed E-state index contributed by atoms with van der Waals surface area (Å²) in [5.41, 5.74) is 6.00. The zero-order valence-corrected chi connectivity index (χ0v) is 15.8. The van der Waals surface area contributed by atoms with E-state index in [1.807, 2.05) is 20.8 Å². The molecule has 3 N–H and O–H groups in total. The van der Waals surface area contributed by atoms with Crippen LogP contribution in [0.15, 0.2) is 24.3 Å². The van der Waals surface area contributed by atoms with Crippen LogP contribution in [-0.4, -0.2) is 50.7 Å². The van der Waals surface area contributed by atoms with Gasteiger partial charge in [-0.1, -0.05) is 6.92 Å². The minimum absolute atomic E-state index is 0.0415. The smallest absolute Gasteiger partial charge is 0.241 e. The van der Waals surface area contributed by atoms with Crippen molar-refractivity contribution in [1.82, 2.24) is 4.90 Å². The van der Waals surface area contributed by atoms with E-state index >= 15 is 0 Å². The molecular formula is C17H27N3O4S. The van der Waals surface area contributed by atoms with Crippen molar-refractivity contribution in [3.05, 3.63) is 24.3 Å². The van der Waals surface area contributed by atoms with Crippen molar-refractivity contribution in [1.29, 1.82) is 0 Å². The van der Waals surface area contributed by atoms with Gasteiger partial charge in [-0.3, -0.25) is 9.52 Å². The van der Waals surface area contributed by atoms with Crippen LogP contribution in [0.25, 0.3) is 0 Å². The lowest BCUT2D eigenvalue weighted by Crippen LogP contribution is -2.38. The molecule has 1 saturated heterocycles. The summed E-state index contributed by atoms with van der Waals surface area (Å²) in [4.78, 5) is 13.9. The molecule has 1 amide bonds. The third kappa shape index (κ3) is 5.61. The number of hydrogen-bond acceptors (Lipinski definition) is 5. The Balaban J connectivity index is 1.94. The molecule has 0 radical (unpaired) electrons. The van der Waals surface area contributed by atoms with Gasteiger partial charge < -0.3 is 15.4 Å². The largest absolute Gasteiger partial charge is 0.491 e. The number of hydrogen-bond donors (Lipinski definition) is 2. The Morgan fingerprint density at radius 1 is 1.36 bits per heavy atom. The molecule has 25 heavy (non-hydrogen) atoms. The van der Waals surface area contributed by atoms with Crippen LogP contribution in [0.4, 0.5) is 5.69 Å². The maximum absolute atomic E-state index is 12.3. The predicted molar refractivity (Wildman–Crippen MR) is 98.0 cm³/mol. The summed E-state index contributed by atoms with van der Waals surface area (Å²) in [6.07, 6.45) is 0.833. The second kappa shape index (κ2) is 7.61. The van der Waals surface area contributed by atoms with Crippen LogP contribution in [0.5, 0.6) is 5.75 Å². The molecule has 0 aromatic heterocycles. The van der Waals surface area contributed by atoms with Gasteiger partial charge >= 0.3 is 0 Å². The van der Waals surface area contributed by atoms with E-state index < -0.39 is 21.7 Å². The Bertz CT molecular complexity index is 703. The summed E-state index contributed by atoms with van der Waals surface area (Å²) in [6.45, 7) is 7.36. The average Bonchev–Trinajstić information content (AvgIpc) is 2.91. The third-order valence-electron chi connectivity index (χ3n) is 4.22. The maximum Gasteiger partial charge on any atom is 0.241 e. The fraction of sp³-hybridized carbons (Fsp3) is 0.588. The molecule has 0 aliphatic carbocycles. The molecule has 1 fully saturated rings. The van der Waals surface area contributed by atoms with Gasteiger partial charge in [-0.05, 0) is 56.5 Å². The number of rotatable bonds is 7. The Morgan fingerprint density at radius 2 is 2.00 bits per heavy atom. The van der Waals surface area contributed by atoms with Gasteiger partial charge in [0.15, 0.2) is 0 Å². The minimum Gasteiger partial charge on any atom is -0.491 e. The molecule has 0 bridgehead atoms. The molecule has 1 aliphatic heterocycles. The molecule has 0 spiro atoms. The average molecular weight is 369 g/mol. The van der Waals surface area contributed by atoms with Crippen LogP contribution in [0.2, 0.25) is 0 Å². The number of nitrogens with one attached hydrogen (secondary N) is 1. The molecule has 1 unspecified atom stereocenters. The Morgan fingerprint density at radius 3 is 2.52 bits per heavy atom. The van der Waals surface area contributed by atoms with Gasteiger partial charge in [-0.2, -0.15) is 0 Å². The van der Waals surface area contributed by atoms with Crippen molar-refractivity contribution >= 4 is 21.6 Å². The number of likely N-dealkylation sites (tertiary alicyclic amines) is 1. The molecule has 140 valence electrons. The Hall–Kier alpha value is -1.80. The van der Waals surface area contributed by atoms with Crippen molar-refractivity contribution in [2.45, 2.75) is 33.3 Å². The maximum atomic E-state index is 12.3. The number of anilines is 1. The number of nitrogens with zero attached hydrogens (tertiary/aromatic N) is 1. The van der Waals surface area contributed by atoms with Crippen molar-refractivity contribution in [3.8, 4) is 5.75 Å². The molecule has 0 saturated carbocycles. The third-order valence-corrected chi connectivity index (χ3v) is 5.39. The van der Waals surface area contributed by atoms with Gasteiger partial charge in [0.2, 0.25) is 15.9 Å². The summed E-state index contributed by atoms with van der Waals surface area (Å²) in [7, 11) is -3.76. The van der Waals surface area contributed by atoms with Crippen molar-refractivity contribution in [2.75, 3.05) is 30.1 Å². The molecule has 7 nitrogen and oxygen atoms in total. The first-order valence-electron chi connectivity index (χ1n) is 8.37. The van der Waals surface area contributed by atoms with Crippen molar-refractivity contribution in [2.24, 2.45) is 11.1 Å². The van der Waals surface area contributed by atoms with E-state index in [-0.39, 0.29) is 11.5 Å². The van der Waals surface area contributed by atoms with E-state index in [1.165, 1.54) is 0 Å². The lowest BCUT2D eigenvalue weighted by Gasteiger charge is -2.22. The Labute approximate surface area is 149 Å². The van der Waals surface area contributed by atoms with Gasteiger partial charge in [0.1, 0.15) is 11.5 Å². The predicted octanol–water partition coefficient (Wildman–Crippen LogP) is 1.41. The van der Waals surface area contributed by atoms with E-state index in [9.17, 15) is 13.2 Å². The van der Waals surface area contributed by atoms with E-state index in [2.05, 4.69) is 4.72 Å². The molecule has 1 atom stereocenters. The Kier molecular flexibility index (Phi) is 5.95. The summed E-state index contributed by atoms with van der Waals surface area (Å²) >= 11 is 0. The highest BCUT2D eigenvalue weighted by Gasteiger charge is 2.36. The van der Waals surface area contributed by atoms with E-state index in [0.29, 0.717) is 31.1 Å². The van der Waals surface area contributed by atoms with Crippen LogP contribution in [0.1, 0.15) is 27.2 Å². The topological polar surface area (TPSA) is 102 Å². The van der Waals surface area contributed by atoms with Gasteiger partial charge in [0, 0.05) is 18.8 Å². The molecular weight excluding hydrogens is 342 g/mol. The summed E-state index contributed by atoms with van der Waals surface area (Å²) in [5, 5.41) is 0. The number of benzene rings is 1. The number of amides is 1. The van der Waals surface area contributed by atoms with E-state index in [1.54, 1.807) is 29.2 Å². The lowest BCUT2D eigenvalue weighted by molar-refractivity contribution is -0.127. The first-order chi connectivity index (χ1) is 11.6. The van der Waals surface area contributed by atoms with Crippen LogP contribution < -0.4 is 15.2 Å². The van der Waals surface area contributed by atoms with E-state index in [0.717, 1.165) is 6.42 Å². The quantitative estimate of drug-likeness (QED) is 0.757. The highest BCUT2D eigenvalue weighted by molar-refractivity contribution is 7.93. The number of sulfonamides is 1. The van der Waals surface area contributed by atoms with Gasteiger partial charge in [-0.15, -0.1) is 0 Å². The molecule has 1 heterocycles. The highest BCUT2D eigenvalue weighted by atomic mass is 32.2. The van der Waals surface area contributed by atoms with Crippen molar-refractivity contribution in [3.63, 3.8) is 0 Å². The molecule has 1 aromatic carbocycles. The number of carbonyl (C=O) groups is 1. The van der Waals surface area contributed by atoms with E-state index in [4.69, 9.17) is 10.5 Å².